The number of benzene rings is 1. The van der Waals surface area contributed by atoms with Crippen molar-refractivity contribution in [3.05, 3.63) is 53.7 Å². The Bertz CT molecular complexity index is 841. The van der Waals surface area contributed by atoms with Crippen molar-refractivity contribution in [3.8, 4) is 10.7 Å². The molecule has 0 N–H and O–H groups in total. The summed E-state index contributed by atoms with van der Waals surface area (Å²) in [5.41, 5.74) is 0.905. The molecule has 1 aromatic carbocycles. The summed E-state index contributed by atoms with van der Waals surface area (Å²) in [4.78, 5) is 21.7. The highest BCUT2D eigenvalue weighted by Gasteiger charge is 2.34. The molecule has 128 valence electrons. The molecule has 7 heteroatoms. The number of rotatable bonds is 5. The van der Waals surface area contributed by atoms with Gasteiger partial charge < -0.3 is 9.42 Å². The summed E-state index contributed by atoms with van der Waals surface area (Å²) in [6, 6.07) is 13.6. The molecule has 3 heterocycles. The summed E-state index contributed by atoms with van der Waals surface area (Å²) < 4.78 is 5.39. The molecule has 0 spiro atoms. The monoisotopic (exact) mass is 354 g/mol. The van der Waals surface area contributed by atoms with E-state index in [0.29, 0.717) is 18.3 Å². The van der Waals surface area contributed by atoms with Crippen LogP contribution in [0.5, 0.6) is 0 Å². The van der Waals surface area contributed by atoms with Crippen molar-refractivity contribution in [2.75, 3.05) is 31.6 Å². The van der Waals surface area contributed by atoms with Crippen molar-refractivity contribution in [1.82, 2.24) is 15.0 Å². The highest BCUT2D eigenvalue weighted by atomic mass is 32.1. The van der Waals surface area contributed by atoms with Gasteiger partial charge in [-0.3, -0.25) is 9.69 Å². The number of amides is 1. The molecule has 6 nitrogen and oxygen atoms in total. The quantitative estimate of drug-likeness (QED) is 0.705. The van der Waals surface area contributed by atoms with Gasteiger partial charge in [-0.1, -0.05) is 29.4 Å². The Balaban J connectivity index is 1.31. The van der Waals surface area contributed by atoms with Gasteiger partial charge in [-0.25, -0.2) is 0 Å². The van der Waals surface area contributed by atoms with Crippen LogP contribution in [0.2, 0.25) is 0 Å². The second-order valence-electron chi connectivity index (χ2n) is 6.11. The topological polar surface area (TPSA) is 62.5 Å². The fourth-order valence-corrected chi connectivity index (χ4v) is 3.50. The molecule has 1 fully saturated rings. The molecule has 1 saturated heterocycles. The van der Waals surface area contributed by atoms with Crippen LogP contribution in [0.25, 0.3) is 10.7 Å². The molecular formula is C18H18N4O2S. The van der Waals surface area contributed by atoms with Gasteiger partial charge in [-0.15, -0.1) is 11.3 Å². The van der Waals surface area contributed by atoms with Crippen LogP contribution in [0.4, 0.5) is 5.69 Å². The van der Waals surface area contributed by atoms with Crippen molar-refractivity contribution in [2.24, 2.45) is 0 Å². The van der Waals surface area contributed by atoms with Crippen molar-refractivity contribution in [2.45, 2.75) is 5.92 Å². The van der Waals surface area contributed by atoms with Crippen molar-refractivity contribution in [1.29, 1.82) is 0 Å². The molecule has 1 aliphatic heterocycles. The standard InChI is InChI=1S/C18H18N4O2S/c1-21(14-6-3-2-4-7-14)16(23)12-22-10-13(11-22)18-19-17(20-24-18)15-8-5-9-25-15/h2-9,13H,10-12H2,1H3. The van der Waals surface area contributed by atoms with Gasteiger partial charge in [0.2, 0.25) is 17.6 Å². The van der Waals surface area contributed by atoms with Crippen molar-refractivity contribution >= 4 is 22.9 Å². The molecule has 0 aliphatic carbocycles. The number of likely N-dealkylation sites (tertiary alicyclic amines) is 1. The molecule has 1 aliphatic rings. The van der Waals surface area contributed by atoms with Crippen LogP contribution in [-0.4, -0.2) is 47.6 Å². The maximum atomic E-state index is 12.4. The lowest BCUT2D eigenvalue weighted by molar-refractivity contribution is -0.120. The number of hydrogen-bond acceptors (Lipinski definition) is 6. The molecule has 2 aromatic heterocycles. The predicted molar refractivity (Wildman–Crippen MR) is 96.6 cm³/mol. The Morgan fingerprint density at radius 1 is 1.28 bits per heavy atom. The van der Waals surface area contributed by atoms with E-state index in [4.69, 9.17) is 4.52 Å². The maximum Gasteiger partial charge on any atom is 0.240 e. The molecule has 1 amide bonds. The van der Waals surface area contributed by atoms with E-state index in [1.807, 2.05) is 47.8 Å². The third-order valence-electron chi connectivity index (χ3n) is 4.37. The van der Waals surface area contributed by atoms with Crippen molar-refractivity contribution in [3.63, 3.8) is 0 Å². The third kappa shape index (κ3) is 3.33. The Labute approximate surface area is 149 Å². The zero-order valence-electron chi connectivity index (χ0n) is 13.8. The van der Waals surface area contributed by atoms with Gasteiger partial charge in [-0.2, -0.15) is 4.98 Å². The largest absolute Gasteiger partial charge is 0.339 e. The van der Waals surface area contributed by atoms with Crippen LogP contribution in [0.1, 0.15) is 11.8 Å². The zero-order chi connectivity index (χ0) is 17.2. The Hall–Kier alpha value is -2.51. The number of anilines is 1. The van der Waals surface area contributed by atoms with Crippen LogP contribution in [0.3, 0.4) is 0 Å². The number of likely N-dealkylation sites (N-methyl/N-ethyl adjacent to an activating group) is 1. The highest BCUT2D eigenvalue weighted by molar-refractivity contribution is 7.13. The fourth-order valence-electron chi connectivity index (χ4n) is 2.86. The van der Waals surface area contributed by atoms with Gasteiger partial charge >= 0.3 is 0 Å². The first kappa shape index (κ1) is 16.0. The van der Waals surface area contributed by atoms with Gasteiger partial charge in [0.25, 0.3) is 0 Å². The SMILES string of the molecule is CN(C(=O)CN1CC(c2nc(-c3cccs3)no2)C1)c1ccccc1. The number of para-hydroxylation sites is 1. The molecule has 0 atom stereocenters. The van der Waals surface area contributed by atoms with E-state index in [0.717, 1.165) is 23.7 Å². The lowest BCUT2D eigenvalue weighted by atomic mass is 10.0. The van der Waals surface area contributed by atoms with Crippen LogP contribution in [0, 0.1) is 0 Å². The lowest BCUT2D eigenvalue weighted by Crippen LogP contribution is -2.50. The summed E-state index contributed by atoms with van der Waals surface area (Å²) in [5, 5.41) is 6.04. The predicted octanol–water partition coefficient (Wildman–Crippen LogP) is 2.86. The summed E-state index contributed by atoms with van der Waals surface area (Å²) in [5.74, 6) is 1.58. The maximum absolute atomic E-state index is 12.4. The minimum atomic E-state index is 0.0782. The first-order valence-corrected chi connectivity index (χ1v) is 9.00. The number of aromatic nitrogens is 2. The van der Waals surface area contributed by atoms with Crippen LogP contribution in [0.15, 0.2) is 52.4 Å². The molecule has 25 heavy (non-hydrogen) atoms. The number of nitrogens with zero attached hydrogens (tertiary/aromatic N) is 4. The van der Waals surface area contributed by atoms with Crippen LogP contribution >= 0.6 is 11.3 Å². The van der Waals surface area contributed by atoms with Gasteiger partial charge in [0.1, 0.15) is 0 Å². The second-order valence-corrected chi connectivity index (χ2v) is 7.06. The molecule has 0 radical (unpaired) electrons. The van der Waals surface area contributed by atoms with Crippen LogP contribution in [-0.2, 0) is 4.79 Å². The first-order chi connectivity index (χ1) is 12.2. The average Bonchev–Trinajstić information content (AvgIpc) is 3.28. The minimum absolute atomic E-state index is 0.0782. The number of carbonyl (C=O) groups is 1. The Morgan fingerprint density at radius 3 is 2.80 bits per heavy atom. The van der Waals surface area contributed by atoms with E-state index < -0.39 is 0 Å². The Kier molecular flexibility index (Phi) is 4.33. The van der Waals surface area contributed by atoms with Gasteiger partial charge in [0.15, 0.2) is 0 Å². The van der Waals surface area contributed by atoms with Gasteiger partial charge in [-0.05, 0) is 23.6 Å². The minimum Gasteiger partial charge on any atom is -0.339 e. The van der Waals surface area contributed by atoms with E-state index in [2.05, 4.69) is 15.0 Å². The fraction of sp³-hybridized carbons (Fsp3) is 0.278. The van der Waals surface area contributed by atoms with E-state index in [1.54, 1.807) is 23.3 Å². The second kappa shape index (κ2) is 6.78. The molecular weight excluding hydrogens is 336 g/mol. The van der Waals surface area contributed by atoms with Gasteiger partial charge in [0.05, 0.1) is 17.3 Å². The van der Waals surface area contributed by atoms with Crippen molar-refractivity contribution < 1.29 is 9.32 Å². The molecule has 0 unspecified atom stereocenters. The smallest absolute Gasteiger partial charge is 0.240 e. The van der Waals surface area contributed by atoms with Gasteiger partial charge in [0, 0.05) is 25.8 Å². The van der Waals surface area contributed by atoms with Crippen LogP contribution < -0.4 is 4.90 Å². The van der Waals surface area contributed by atoms with E-state index in [1.165, 1.54) is 0 Å². The molecule has 4 rings (SSSR count). The van der Waals surface area contributed by atoms with E-state index >= 15 is 0 Å². The number of hydrogen-bond donors (Lipinski definition) is 0. The number of thiophene rings is 1. The highest BCUT2D eigenvalue weighted by Crippen LogP contribution is 2.29. The number of carbonyl (C=O) groups excluding carboxylic acids is 1. The summed E-state index contributed by atoms with van der Waals surface area (Å²) in [6.07, 6.45) is 0. The summed E-state index contributed by atoms with van der Waals surface area (Å²) in [6.45, 7) is 1.93. The Morgan fingerprint density at radius 2 is 2.08 bits per heavy atom. The van der Waals surface area contributed by atoms with E-state index in [-0.39, 0.29) is 11.8 Å². The molecule has 3 aromatic rings. The lowest BCUT2D eigenvalue weighted by Gasteiger charge is -2.37. The third-order valence-corrected chi connectivity index (χ3v) is 5.23. The zero-order valence-corrected chi connectivity index (χ0v) is 14.6. The summed E-state index contributed by atoms with van der Waals surface area (Å²) in [7, 11) is 1.81. The van der Waals surface area contributed by atoms with E-state index in [9.17, 15) is 4.79 Å². The summed E-state index contributed by atoms with van der Waals surface area (Å²) >= 11 is 1.59. The molecule has 0 saturated carbocycles. The average molecular weight is 354 g/mol. The molecule has 0 bridgehead atoms. The first-order valence-electron chi connectivity index (χ1n) is 8.12. The normalized spacial score (nSPS) is 15.1.